The first-order valence-corrected chi connectivity index (χ1v) is 8.05. The number of amides is 1. The molecule has 5 nitrogen and oxygen atoms in total. The monoisotopic (exact) mass is 317 g/mol. The second kappa shape index (κ2) is 5.96. The number of carboxylic acids is 1. The highest BCUT2D eigenvalue weighted by atomic mass is 32.2. The summed E-state index contributed by atoms with van der Waals surface area (Å²) in [5.41, 5.74) is 1.14. The number of allylic oxidation sites excluding steroid dienone is 1. The number of nitrogens with zero attached hydrogens (tertiary/aromatic N) is 1. The number of rotatable bonds is 4. The molecule has 0 bridgehead atoms. The quantitative estimate of drug-likeness (QED) is 0.861. The maximum absolute atomic E-state index is 12.7. The molecule has 0 aliphatic carbocycles. The number of hydrogen-bond donors (Lipinski definition) is 1. The Morgan fingerprint density at radius 1 is 1.27 bits per heavy atom. The van der Waals surface area contributed by atoms with Crippen LogP contribution in [0.3, 0.4) is 0 Å². The summed E-state index contributed by atoms with van der Waals surface area (Å²) in [5, 5.41) is 9.70. The Morgan fingerprint density at radius 3 is 2.68 bits per heavy atom. The maximum Gasteiger partial charge on any atom is 0.304 e. The summed E-state index contributed by atoms with van der Waals surface area (Å²) in [4.78, 5) is 37.6. The van der Waals surface area contributed by atoms with Crippen molar-refractivity contribution in [3.8, 4) is 0 Å². The summed E-state index contributed by atoms with van der Waals surface area (Å²) in [6.45, 7) is 0.542. The second-order valence-corrected chi connectivity index (χ2v) is 6.40. The van der Waals surface area contributed by atoms with Gasteiger partial charge < -0.3 is 10.0 Å². The highest BCUT2D eigenvalue weighted by molar-refractivity contribution is 8.03. The molecule has 1 fully saturated rings. The Morgan fingerprint density at radius 2 is 2.00 bits per heavy atom. The van der Waals surface area contributed by atoms with E-state index in [1.54, 1.807) is 29.2 Å². The molecular formula is C16H15NO4S. The van der Waals surface area contributed by atoms with E-state index in [2.05, 4.69) is 0 Å². The number of carbonyl (C=O) groups is 3. The molecule has 1 N–H and O–H groups in total. The van der Waals surface area contributed by atoms with Crippen molar-refractivity contribution in [2.75, 3.05) is 12.3 Å². The Balaban J connectivity index is 1.97. The molecule has 1 aromatic carbocycles. The van der Waals surface area contributed by atoms with E-state index < -0.39 is 11.9 Å². The Kier molecular flexibility index (Phi) is 4.02. The lowest BCUT2D eigenvalue weighted by Gasteiger charge is -2.30. The molecule has 2 aliphatic heterocycles. The summed E-state index contributed by atoms with van der Waals surface area (Å²) >= 11 is 1.50. The van der Waals surface area contributed by atoms with Gasteiger partial charge in [0.15, 0.2) is 5.78 Å². The Labute approximate surface area is 132 Å². The minimum atomic E-state index is -1.01. The molecule has 22 heavy (non-hydrogen) atoms. The number of carbonyl (C=O) groups excluding carboxylic acids is 2. The minimum Gasteiger partial charge on any atom is -0.481 e. The fourth-order valence-electron chi connectivity index (χ4n) is 2.84. The molecule has 1 aromatic rings. The number of Topliss-reactive ketones (excluding diaryl/α,β-unsaturated/α-hetero) is 1. The van der Waals surface area contributed by atoms with Gasteiger partial charge in [0.25, 0.3) is 0 Å². The van der Waals surface area contributed by atoms with Crippen molar-refractivity contribution in [1.82, 2.24) is 4.90 Å². The zero-order valence-corrected chi connectivity index (χ0v) is 12.6. The lowest BCUT2D eigenvalue weighted by atomic mass is 9.88. The fourth-order valence-corrected chi connectivity index (χ4v) is 3.99. The normalized spacial score (nSPS) is 21.0. The predicted octanol–water partition coefficient (Wildman–Crippen LogP) is 2.15. The van der Waals surface area contributed by atoms with Gasteiger partial charge in [-0.25, -0.2) is 0 Å². The molecule has 6 heteroatoms. The first-order valence-electron chi connectivity index (χ1n) is 7.07. The predicted molar refractivity (Wildman–Crippen MR) is 82.3 cm³/mol. The van der Waals surface area contributed by atoms with Gasteiger partial charge in [0.1, 0.15) is 0 Å². The molecule has 0 aromatic heterocycles. The molecule has 114 valence electrons. The molecule has 0 radical (unpaired) electrons. The zero-order chi connectivity index (χ0) is 15.7. The standard InChI is InChI=1S/C16H15NO4S/c18-13(19)9-11-8-12(14(20)10-4-2-1-3-5-10)16-17(15(11)21)6-7-22-16/h1-5,11H,6-9H2,(H,18,19). The van der Waals surface area contributed by atoms with E-state index >= 15 is 0 Å². The van der Waals surface area contributed by atoms with Crippen LogP contribution in [-0.2, 0) is 9.59 Å². The van der Waals surface area contributed by atoms with Crippen LogP contribution in [0.25, 0.3) is 0 Å². The number of carboxylic acid groups (broad SMARTS) is 1. The summed E-state index contributed by atoms with van der Waals surface area (Å²) in [6.07, 6.45) is -0.0312. The summed E-state index contributed by atoms with van der Waals surface area (Å²) in [7, 11) is 0. The van der Waals surface area contributed by atoms with Gasteiger partial charge in [-0.3, -0.25) is 14.4 Å². The second-order valence-electron chi connectivity index (χ2n) is 5.32. The average molecular weight is 317 g/mol. The third-order valence-electron chi connectivity index (χ3n) is 3.85. The van der Waals surface area contributed by atoms with E-state index in [-0.39, 0.29) is 24.5 Å². The van der Waals surface area contributed by atoms with Crippen LogP contribution in [0.4, 0.5) is 0 Å². The van der Waals surface area contributed by atoms with E-state index in [9.17, 15) is 14.4 Å². The fraction of sp³-hybridized carbons (Fsp3) is 0.312. The molecule has 3 rings (SSSR count). The molecule has 1 atom stereocenters. The van der Waals surface area contributed by atoms with Crippen molar-refractivity contribution in [2.45, 2.75) is 12.8 Å². The summed E-state index contributed by atoms with van der Waals surface area (Å²) < 4.78 is 0. The van der Waals surface area contributed by atoms with Gasteiger partial charge in [0.2, 0.25) is 5.91 Å². The first kappa shape index (κ1) is 14.8. The van der Waals surface area contributed by atoms with Gasteiger partial charge in [0.05, 0.1) is 17.4 Å². The summed E-state index contributed by atoms with van der Waals surface area (Å²) in [5.74, 6) is -1.21. The van der Waals surface area contributed by atoms with Crippen LogP contribution < -0.4 is 0 Å². The molecule has 0 saturated carbocycles. The van der Waals surface area contributed by atoms with Gasteiger partial charge in [-0.05, 0) is 6.42 Å². The van der Waals surface area contributed by atoms with E-state index in [0.717, 1.165) is 5.75 Å². The van der Waals surface area contributed by atoms with Crippen LogP contribution in [0.1, 0.15) is 23.2 Å². The molecule has 1 amide bonds. The van der Waals surface area contributed by atoms with Crippen molar-refractivity contribution < 1.29 is 19.5 Å². The Hall–Kier alpha value is -2.08. The van der Waals surface area contributed by atoms with Crippen LogP contribution >= 0.6 is 11.8 Å². The molecule has 2 aliphatic rings. The maximum atomic E-state index is 12.7. The minimum absolute atomic E-state index is 0.113. The van der Waals surface area contributed by atoms with Crippen molar-refractivity contribution in [1.29, 1.82) is 0 Å². The smallest absolute Gasteiger partial charge is 0.304 e. The topological polar surface area (TPSA) is 74.7 Å². The van der Waals surface area contributed by atoms with E-state index in [1.165, 1.54) is 11.8 Å². The highest BCUT2D eigenvalue weighted by Crippen LogP contribution is 2.40. The molecule has 2 heterocycles. The third-order valence-corrected chi connectivity index (χ3v) is 4.98. The average Bonchev–Trinajstić information content (AvgIpc) is 3.00. The molecular weight excluding hydrogens is 302 g/mol. The Bertz CT molecular complexity index is 668. The van der Waals surface area contributed by atoms with Crippen LogP contribution in [0.5, 0.6) is 0 Å². The van der Waals surface area contributed by atoms with Crippen LogP contribution in [-0.4, -0.2) is 40.0 Å². The molecule has 1 unspecified atom stereocenters. The van der Waals surface area contributed by atoms with Crippen LogP contribution in [0, 0.1) is 5.92 Å². The number of aliphatic carboxylic acids is 1. The van der Waals surface area contributed by atoms with E-state index in [0.29, 0.717) is 22.7 Å². The van der Waals surface area contributed by atoms with Gasteiger partial charge >= 0.3 is 5.97 Å². The lowest BCUT2D eigenvalue weighted by molar-refractivity contribution is -0.143. The van der Waals surface area contributed by atoms with Gasteiger partial charge in [-0.15, -0.1) is 11.8 Å². The zero-order valence-electron chi connectivity index (χ0n) is 11.8. The number of hydrogen-bond acceptors (Lipinski definition) is 4. The number of fused-ring (bicyclic) bond motifs is 1. The number of benzene rings is 1. The van der Waals surface area contributed by atoms with Crippen LogP contribution in [0.2, 0.25) is 0 Å². The van der Waals surface area contributed by atoms with Gasteiger partial charge in [-0.1, -0.05) is 30.3 Å². The number of thioether (sulfide) groups is 1. The van der Waals surface area contributed by atoms with Gasteiger partial charge in [0, 0.05) is 23.4 Å². The van der Waals surface area contributed by atoms with Crippen molar-refractivity contribution in [3.63, 3.8) is 0 Å². The van der Waals surface area contributed by atoms with Crippen molar-refractivity contribution in [3.05, 3.63) is 46.5 Å². The first-order chi connectivity index (χ1) is 10.6. The molecule has 1 saturated heterocycles. The van der Waals surface area contributed by atoms with Crippen molar-refractivity contribution in [2.24, 2.45) is 5.92 Å². The SMILES string of the molecule is O=C(O)CC1CC(C(=O)c2ccccc2)=C2SCCN2C1=O. The van der Waals surface area contributed by atoms with E-state index in [4.69, 9.17) is 5.11 Å². The van der Waals surface area contributed by atoms with Crippen LogP contribution in [0.15, 0.2) is 40.9 Å². The summed E-state index contributed by atoms with van der Waals surface area (Å²) in [6, 6.07) is 8.90. The number of ketones is 1. The van der Waals surface area contributed by atoms with Crippen molar-refractivity contribution >= 4 is 29.4 Å². The third kappa shape index (κ3) is 2.66. The largest absolute Gasteiger partial charge is 0.481 e. The van der Waals surface area contributed by atoms with Gasteiger partial charge in [-0.2, -0.15) is 0 Å². The highest BCUT2D eigenvalue weighted by Gasteiger charge is 2.40. The van der Waals surface area contributed by atoms with E-state index in [1.807, 2.05) is 6.07 Å². The lowest BCUT2D eigenvalue weighted by Crippen LogP contribution is -2.39. The molecule has 0 spiro atoms.